The van der Waals surface area contributed by atoms with Gasteiger partial charge in [0, 0.05) is 11.8 Å². The summed E-state index contributed by atoms with van der Waals surface area (Å²) in [5, 5.41) is 15.5. The van der Waals surface area contributed by atoms with Gasteiger partial charge < -0.3 is 9.84 Å². The molecule has 0 aliphatic carbocycles. The Labute approximate surface area is 172 Å². The van der Waals surface area contributed by atoms with E-state index in [0.717, 1.165) is 45.3 Å². The molecular formula is C22H18N7O. The van der Waals surface area contributed by atoms with Crippen LogP contribution in [0.25, 0.3) is 28.1 Å². The third-order valence-corrected chi connectivity index (χ3v) is 4.81. The molecule has 0 aliphatic heterocycles. The molecule has 0 atom stereocenters. The minimum Gasteiger partial charge on any atom is -0.361 e. The summed E-state index contributed by atoms with van der Waals surface area (Å²) in [6, 6.07) is 16.7. The maximum Gasteiger partial charge on any atom is 0.153 e. The van der Waals surface area contributed by atoms with E-state index in [1.54, 1.807) is 6.33 Å². The molecule has 0 spiro atoms. The van der Waals surface area contributed by atoms with Gasteiger partial charge in [-0.25, -0.2) is 9.97 Å². The van der Waals surface area contributed by atoms with Crippen LogP contribution in [0.1, 0.15) is 17.1 Å². The summed E-state index contributed by atoms with van der Waals surface area (Å²) >= 11 is 0. The van der Waals surface area contributed by atoms with Crippen molar-refractivity contribution in [3.8, 4) is 17.1 Å². The van der Waals surface area contributed by atoms with Crippen molar-refractivity contribution in [1.82, 2.24) is 29.9 Å². The number of nitrogens with one attached hydrogen (secondary N) is 1. The molecule has 0 fully saturated rings. The summed E-state index contributed by atoms with van der Waals surface area (Å²) in [6.45, 7) is 5.67. The van der Waals surface area contributed by atoms with Crippen LogP contribution in [-0.4, -0.2) is 29.9 Å². The van der Waals surface area contributed by atoms with E-state index in [4.69, 9.17) is 9.51 Å². The van der Waals surface area contributed by atoms with Gasteiger partial charge in [-0.3, -0.25) is 4.57 Å². The van der Waals surface area contributed by atoms with Crippen LogP contribution >= 0.6 is 0 Å². The van der Waals surface area contributed by atoms with Gasteiger partial charge in [-0.2, -0.15) is 5.10 Å². The average molecular weight is 396 g/mol. The fourth-order valence-corrected chi connectivity index (χ4v) is 3.35. The molecule has 0 saturated carbocycles. The first-order chi connectivity index (χ1) is 14.6. The molecule has 4 heterocycles. The molecule has 0 unspecified atom stereocenters. The molecule has 0 aliphatic rings. The van der Waals surface area contributed by atoms with Crippen LogP contribution in [0.3, 0.4) is 0 Å². The van der Waals surface area contributed by atoms with E-state index in [1.807, 2.05) is 67.8 Å². The zero-order valence-corrected chi connectivity index (χ0v) is 16.7. The molecule has 0 saturated heterocycles. The fraction of sp³-hybridized carbons (Fsp3) is 0.136. The van der Waals surface area contributed by atoms with Gasteiger partial charge in [0.05, 0.1) is 33.7 Å². The zero-order valence-electron chi connectivity index (χ0n) is 16.7. The Morgan fingerprint density at radius 2 is 1.93 bits per heavy atom. The van der Waals surface area contributed by atoms with Crippen LogP contribution in [0, 0.1) is 26.8 Å². The zero-order chi connectivity index (χ0) is 20.7. The lowest BCUT2D eigenvalue weighted by molar-refractivity contribution is 0.393. The Kier molecular flexibility index (Phi) is 4.24. The minimum atomic E-state index is 0.684. The van der Waals surface area contributed by atoms with Crippen molar-refractivity contribution in [2.24, 2.45) is 0 Å². The van der Waals surface area contributed by atoms with Crippen molar-refractivity contribution in [3.05, 3.63) is 72.0 Å². The number of imidazole rings is 1. The maximum atomic E-state index is 5.27. The summed E-state index contributed by atoms with van der Waals surface area (Å²) in [5.41, 5.74) is 5.90. The fourth-order valence-electron chi connectivity index (χ4n) is 3.35. The van der Waals surface area contributed by atoms with Crippen molar-refractivity contribution in [2.75, 3.05) is 5.32 Å². The highest BCUT2D eigenvalue weighted by atomic mass is 16.5. The third kappa shape index (κ3) is 3.18. The number of nitrogens with zero attached hydrogens (tertiary/aromatic N) is 6. The standard InChI is InChI=1S/C22H18N7O/c1-13-7-10-20(27-26-13)24-16-8-9-19-18(11-16)23-12-29(19)21-6-4-5-17(25-21)22-14(2)28-30-15(22)3/h4,6-12H,1-3H3,(H,24,27). The molecule has 147 valence electrons. The summed E-state index contributed by atoms with van der Waals surface area (Å²) in [7, 11) is 0. The molecule has 4 aromatic heterocycles. The highest BCUT2D eigenvalue weighted by Gasteiger charge is 2.15. The first-order valence-electron chi connectivity index (χ1n) is 9.45. The lowest BCUT2D eigenvalue weighted by atomic mass is 10.1. The number of fused-ring (bicyclic) bond motifs is 1. The molecule has 8 nitrogen and oxygen atoms in total. The second-order valence-corrected chi connectivity index (χ2v) is 7.00. The van der Waals surface area contributed by atoms with Gasteiger partial charge in [0.2, 0.25) is 0 Å². The van der Waals surface area contributed by atoms with E-state index in [0.29, 0.717) is 11.5 Å². The first-order valence-corrected chi connectivity index (χ1v) is 9.45. The van der Waals surface area contributed by atoms with Gasteiger partial charge in [0.15, 0.2) is 5.82 Å². The molecule has 5 rings (SSSR count). The first kappa shape index (κ1) is 18.0. The number of hydrogen-bond donors (Lipinski definition) is 1. The molecule has 1 radical (unpaired) electrons. The number of aromatic nitrogens is 6. The number of rotatable bonds is 4. The monoisotopic (exact) mass is 396 g/mol. The van der Waals surface area contributed by atoms with E-state index in [2.05, 4.69) is 31.7 Å². The highest BCUT2D eigenvalue weighted by Crippen LogP contribution is 2.27. The van der Waals surface area contributed by atoms with Crippen molar-refractivity contribution in [1.29, 1.82) is 0 Å². The molecule has 5 aromatic rings. The largest absolute Gasteiger partial charge is 0.361 e. The summed E-state index contributed by atoms with van der Waals surface area (Å²) in [6.07, 6.45) is 1.76. The summed E-state index contributed by atoms with van der Waals surface area (Å²) < 4.78 is 7.22. The Morgan fingerprint density at radius 3 is 2.70 bits per heavy atom. The van der Waals surface area contributed by atoms with Crippen LogP contribution in [0.5, 0.6) is 0 Å². The Morgan fingerprint density at radius 1 is 1.03 bits per heavy atom. The molecule has 30 heavy (non-hydrogen) atoms. The summed E-state index contributed by atoms with van der Waals surface area (Å²) in [5.74, 6) is 2.15. The number of anilines is 2. The lowest BCUT2D eigenvalue weighted by Crippen LogP contribution is -1.98. The van der Waals surface area contributed by atoms with Gasteiger partial charge in [-0.15, -0.1) is 5.10 Å². The molecule has 8 heteroatoms. The number of benzene rings is 1. The number of hydrogen-bond acceptors (Lipinski definition) is 7. The van der Waals surface area contributed by atoms with Gasteiger partial charge in [0.25, 0.3) is 0 Å². The van der Waals surface area contributed by atoms with Crippen molar-refractivity contribution >= 4 is 22.5 Å². The predicted molar refractivity (Wildman–Crippen MR) is 113 cm³/mol. The SMILES string of the molecule is Cc1ccc(Nc2ccc3c(c2)ncn3-c2cc[c]c(-c3c(C)noc3C)n2)nn1. The second-order valence-electron chi connectivity index (χ2n) is 7.00. The van der Waals surface area contributed by atoms with Crippen molar-refractivity contribution < 1.29 is 4.52 Å². The topological polar surface area (TPSA) is 94.6 Å². The van der Waals surface area contributed by atoms with Crippen LogP contribution in [-0.2, 0) is 0 Å². The molecular weight excluding hydrogens is 378 g/mol. The van der Waals surface area contributed by atoms with E-state index < -0.39 is 0 Å². The molecule has 1 N–H and O–H groups in total. The molecule has 0 amide bonds. The predicted octanol–water partition coefficient (Wildman–Crippen LogP) is 4.33. The van der Waals surface area contributed by atoms with E-state index in [9.17, 15) is 0 Å². The number of pyridine rings is 1. The van der Waals surface area contributed by atoms with Crippen LogP contribution in [0.15, 0.2) is 53.3 Å². The maximum absolute atomic E-state index is 5.27. The Bertz CT molecular complexity index is 1330. The highest BCUT2D eigenvalue weighted by molar-refractivity contribution is 5.82. The Hall–Kier alpha value is -4.07. The quantitative estimate of drug-likeness (QED) is 0.483. The van der Waals surface area contributed by atoms with Crippen LogP contribution in [0.4, 0.5) is 11.5 Å². The van der Waals surface area contributed by atoms with E-state index in [-0.39, 0.29) is 0 Å². The normalized spacial score (nSPS) is 11.2. The third-order valence-electron chi connectivity index (χ3n) is 4.81. The van der Waals surface area contributed by atoms with Gasteiger partial charge in [0.1, 0.15) is 17.9 Å². The molecule has 1 aromatic carbocycles. The van der Waals surface area contributed by atoms with Crippen molar-refractivity contribution in [2.45, 2.75) is 20.8 Å². The van der Waals surface area contributed by atoms with Crippen molar-refractivity contribution in [3.63, 3.8) is 0 Å². The lowest BCUT2D eigenvalue weighted by Gasteiger charge is -2.07. The smallest absolute Gasteiger partial charge is 0.153 e. The van der Waals surface area contributed by atoms with Crippen LogP contribution < -0.4 is 5.32 Å². The van der Waals surface area contributed by atoms with Gasteiger partial charge >= 0.3 is 0 Å². The molecule has 0 bridgehead atoms. The van der Waals surface area contributed by atoms with Gasteiger partial charge in [-0.05, 0) is 63.2 Å². The van der Waals surface area contributed by atoms with Crippen LogP contribution in [0.2, 0.25) is 0 Å². The van der Waals surface area contributed by atoms with E-state index >= 15 is 0 Å². The number of aryl methyl sites for hydroxylation is 3. The van der Waals surface area contributed by atoms with Gasteiger partial charge in [-0.1, -0.05) is 5.16 Å². The minimum absolute atomic E-state index is 0.684. The second kappa shape index (κ2) is 7.07. The average Bonchev–Trinajstić information content (AvgIpc) is 3.32. The Balaban J connectivity index is 1.50. The van der Waals surface area contributed by atoms with E-state index in [1.165, 1.54) is 0 Å². The summed E-state index contributed by atoms with van der Waals surface area (Å²) in [4.78, 5) is 9.31.